The fraction of sp³-hybridized carbons (Fsp3) is 0.333. The zero-order valence-electron chi connectivity index (χ0n) is 8.21. The van der Waals surface area contributed by atoms with Crippen molar-refractivity contribution in [3.8, 4) is 5.75 Å². The molecule has 1 rings (SSSR count). The van der Waals surface area contributed by atoms with Crippen molar-refractivity contribution in [1.82, 2.24) is 0 Å². The van der Waals surface area contributed by atoms with Crippen molar-refractivity contribution in [1.29, 1.82) is 0 Å². The molecular weight excluding hydrogens is 220 g/mol. The number of aliphatic hydroxyl groups excluding tert-OH is 1. The lowest BCUT2D eigenvalue weighted by Crippen LogP contribution is -2.08. The standard InChI is InChI=1S/C9H12O5S/c1-2-14-15(11,12)9-6-4-3-5-8(9)13-7-10/h3-6,10H,2,7H2,1H3. The first kappa shape index (κ1) is 12.0. The van der Waals surface area contributed by atoms with Crippen LogP contribution in [0.4, 0.5) is 0 Å². The molecule has 0 fully saturated rings. The van der Waals surface area contributed by atoms with Crippen LogP contribution >= 0.6 is 0 Å². The lowest BCUT2D eigenvalue weighted by Gasteiger charge is -2.09. The molecule has 0 aliphatic carbocycles. The van der Waals surface area contributed by atoms with E-state index in [1.54, 1.807) is 19.1 Å². The van der Waals surface area contributed by atoms with E-state index in [9.17, 15) is 8.42 Å². The maximum atomic E-state index is 11.5. The lowest BCUT2D eigenvalue weighted by molar-refractivity contribution is 0.0954. The van der Waals surface area contributed by atoms with E-state index in [0.717, 1.165) is 0 Å². The quantitative estimate of drug-likeness (QED) is 0.598. The van der Waals surface area contributed by atoms with Gasteiger partial charge in [-0.05, 0) is 19.1 Å². The molecule has 0 heterocycles. The number of aliphatic hydroxyl groups is 1. The van der Waals surface area contributed by atoms with Crippen molar-refractivity contribution < 1.29 is 22.4 Å². The third-order valence-electron chi connectivity index (χ3n) is 1.61. The number of benzene rings is 1. The largest absolute Gasteiger partial charge is 0.466 e. The molecule has 15 heavy (non-hydrogen) atoms. The average Bonchev–Trinajstić information content (AvgIpc) is 2.19. The predicted octanol–water partition coefficient (Wildman–Crippen LogP) is 0.740. The Morgan fingerprint density at radius 1 is 1.33 bits per heavy atom. The molecule has 0 unspecified atom stereocenters. The molecule has 0 amide bonds. The minimum Gasteiger partial charge on any atom is -0.466 e. The van der Waals surface area contributed by atoms with Crippen LogP contribution in [0.2, 0.25) is 0 Å². The van der Waals surface area contributed by atoms with Crippen LogP contribution in [0.1, 0.15) is 6.92 Å². The van der Waals surface area contributed by atoms with Gasteiger partial charge in [0.15, 0.2) is 6.79 Å². The highest BCUT2D eigenvalue weighted by Gasteiger charge is 2.19. The van der Waals surface area contributed by atoms with Gasteiger partial charge in [0.2, 0.25) is 0 Å². The van der Waals surface area contributed by atoms with Gasteiger partial charge in [0.05, 0.1) is 6.61 Å². The van der Waals surface area contributed by atoms with Crippen LogP contribution in [-0.2, 0) is 14.3 Å². The lowest BCUT2D eigenvalue weighted by atomic mass is 10.3. The minimum absolute atomic E-state index is 0.0514. The van der Waals surface area contributed by atoms with Crippen molar-refractivity contribution in [3.05, 3.63) is 24.3 Å². The van der Waals surface area contributed by atoms with Gasteiger partial charge in [-0.25, -0.2) is 0 Å². The molecule has 0 spiro atoms. The molecule has 84 valence electrons. The Labute approximate surface area is 88.4 Å². The van der Waals surface area contributed by atoms with Crippen LogP contribution in [0.5, 0.6) is 5.75 Å². The van der Waals surface area contributed by atoms with Crippen molar-refractivity contribution >= 4 is 10.1 Å². The Hall–Kier alpha value is -1.11. The first-order chi connectivity index (χ1) is 7.11. The summed E-state index contributed by atoms with van der Waals surface area (Å²) in [5, 5.41) is 8.58. The van der Waals surface area contributed by atoms with Gasteiger partial charge < -0.3 is 9.84 Å². The van der Waals surface area contributed by atoms with E-state index >= 15 is 0 Å². The van der Waals surface area contributed by atoms with E-state index in [2.05, 4.69) is 4.18 Å². The molecule has 1 aromatic carbocycles. The Morgan fingerprint density at radius 2 is 2.00 bits per heavy atom. The maximum Gasteiger partial charge on any atom is 0.300 e. The van der Waals surface area contributed by atoms with Gasteiger partial charge >= 0.3 is 10.1 Å². The molecule has 1 aromatic rings. The van der Waals surface area contributed by atoms with E-state index in [0.29, 0.717) is 0 Å². The van der Waals surface area contributed by atoms with Gasteiger partial charge in [-0.2, -0.15) is 8.42 Å². The van der Waals surface area contributed by atoms with E-state index in [1.165, 1.54) is 12.1 Å². The molecule has 0 aromatic heterocycles. The summed E-state index contributed by atoms with van der Waals surface area (Å²) in [5.41, 5.74) is 0. The van der Waals surface area contributed by atoms with Gasteiger partial charge in [-0.15, -0.1) is 0 Å². The zero-order chi connectivity index (χ0) is 11.3. The third-order valence-corrected chi connectivity index (χ3v) is 3.03. The minimum atomic E-state index is -3.80. The summed E-state index contributed by atoms with van der Waals surface area (Å²) in [4.78, 5) is -0.0825. The Morgan fingerprint density at radius 3 is 2.60 bits per heavy atom. The molecule has 0 bridgehead atoms. The molecule has 1 N–H and O–H groups in total. The number of hydrogen-bond acceptors (Lipinski definition) is 5. The predicted molar refractivity (Wildman–Crippen MR) is 53.0 cm³/mol. The number of hydrogen-bond donors (Lipinski definition) is 1. The van der Waals surface area contributed by atoms with Gasteiger partial charge in [-0.1, -0.05) is 12.1 Å². The molecule has 0 aliphatic heterocycles. The van der Waals surface area contributed by atoms with Gasteiger partial charge in [0.1, 0.15) is 10.6 Å². The smallest absolute Gasteiger partial charge is 0.300 e. The van der Waals surface area contributed by atoms with Gasteiger partial charge in [0.25, 0.3) is 0 Å². The second kappa shape index (κ2) is 5.11. The van der Waals surface area contributed by atoms with Crippen LogP contribution < -0.4 is 4.74 Å². The van der Waals surface area contributed by atoms with E-state index in [1.807, 2.05) is 0 Å². The van der Waals surface area contributed by atoms with E-state index in [-0.39, 0.29) is 17.3 Å². The molecule has 0 saturated carbocycles. The van der Waals surface area contributed by atoms with Crippen molar-refractivity contribution in [2.75, 3.05) is 13.4 Å². The van der Waals surface area contributed by atoms with Crippen LogP contribution in [-0.4, -0.2) is 26.9 Å². The second-order valence-corrected chi connectivity index (χ2v) is 4.16. The topological polar surface area (TPSA) is 72.8 Å². The van der Waals surface area contributed by atoms with Crippen LogP contribution in [0.15, 0.2) is 29.2 Å². The van der Waals surface area contributed by atoms with Crippen LogP contribution in [0.3, 0.4) is 0 Å². The maximum absolute atomic E-state index is 11.5. The summed E-state index contributed by atoms with van der Waals surface area (Å²) in [6, 6.07) is 5.96. The Balaban J connectivity index is 3.12. The fourth-order valence-electron chi connectivity index (χ4n) is 1.06. The molecule has 0 radical (unpaired) electrons. The normalized spacial score (nSPS) is 11.3. The zero-order valence-corrected chi connectivity index (χ0v) is 9.03. The van der Waals surface area contributed by atoms with Gasteiger partial charge in [-0.3, -0.25) is 4.18 Å². The molecule has 5 nitrogen and oxygen atoms in total. The number of para-hydroxylation sites is 1. The summed E-state index contributed by atoms with van der Waals surface area (Å²) < 4.78 is 32.5. The summed E-state index contributed by atoms with van der Waals surface area (Å²) in [6.45, 7) is 1.04. The molecule has 0 saturated heterocycles. The summed E-state index contributed by atoms with van der Waals surface area (Å²) in [5.74, 6) is 0.0773. The first-order valence-corrected chi connectivity index (χ1v) is 5.74. The SMILES string of the molecule is CCOS(=O)(=O)c1ccccc1OCO. The van der Waals surface area contributed by atoms with Crippen molar-refractivity contribution in [2.24, 2.45) is 0 Å². The Kier molecular flexibility index (Phi) is 4.07. The van der Waals surface area contributed by atoms with Crippen molar-refractivity contribution in [2.45, 2.75) is 11.8 Å². The van der Waals surface area contributed by atoms with E-state index in [4.69, 9.17) is 9.84 Å². The highest BCUT2D eigenvalue weighted by Crippen LogP contribution is 2.24. The highest BCUT2D eigenvalue weighted by atomic mass is 32.2. The molecule has 0 atom stereocenters. The molecular formula is C9H12O5S. The summed E-state index contributed by atoms with van der Waals surface area (Å²) >= 11 is 0. The second-order valence-electron chi connectivity index (χ2n) is 2.58. The van der Waals surface area contributed by atoms with Gasteiger partial charge in [0, 0.05) is 0 Å². The highest BCUT2D eigenvalue weighted by molar-refractivity contribution is 7.86. The number of rotatable bonds is 5. The first-order valence-electron chi connectivity index (χ1n) is 4.34. The molecule has 6 heteroatoms. The molecule has 0 aliphatic rings. The Bertz CT molecular complexity index is 412. The van der Waals surface area contributed by atoms with E-state index < -0.39 is 16.9 Å². The fourth-order valence-corrected chi connectivity index (χ4v) is 2.12. The summed E-state index contributed by atoms with van der Waals surface area (Å²) in [6.07, 6.45) is 0. The van der Waals surface area contributed by atoms with Crippen molar-refractivity contribution in [3.63, 3.8) is 0 Å². The summed E-state index contributed by atoms with van der Waals surface area (Å²) in [7, 11) is -3.80. The van der Waals surface area contributed by atoms with Crippen LogP contribution in [0, 0.1) is 0 Å². The third kappa shape index (κ3) is 2.92. The van der Waals surface area contributed by atoms with Crippen LogP contribution in [0.25, 0.3) is 0 Å². The monoisotopic (exact) mass is 232 g/mol. The average molecular weight is 232 g/mol. The number of ether oxygens (including phenoxy) is 1.